The van der Waals surface area contributed by atoms with Gasteiger partial charge in [0.25, 0.3) is 0 Å². The number of hydrogen-bond acceptors (Lipinski definition) is 4. The van der Waals surface area contributed by atoms with Crippen molar-refractivity contribution in [2.45, 2.75) is 0 Å². The van der Waals surface area contributed by atoms with E-state index in [1.807, 2.05) is 0 Å². The van der Waals surface area contributed by atoms with Crippen molar-refractivity contribution in [1.82, 2.24) is 4.90 Å². The lowest BCUT2D eigenvalue weighted by Crippen LogP contribution is -2.43. The largest absolute Gasteiger partial charge is 0.480 e. The molecule has 1 aromatic carbocycles. The van der Waals surface area contributed by atoms with Crippen molar-refractivity contribution in [3.63, 3.8) is 0 Å². The first-order valence-corrected chi connectivity index (χ1v) is 5.30. The summed E-state index contributed by atoms with van der Waals surface area (Å²) in [6.07, 6.45) is 0. The summed E-state index contributed by atoms with van der Waals surface area (Å²) in [4.78, 5) is 34.0. The number of carboxylic acid groups (broad SMARTS) is 1. The van der Waals surface area contributed by atoms with Crippen LogP contribution in [-0.2, 0) is 9.59 Å². The third-order valence-electron chi connectivity index (χ3n) is 2.16. The molecule has 1 aromatic rings. The minimum atomic E-state index is -1.25. The Hall–Kier alpha value is -2.77. The van der Waals surface area contributed by atoms with Crippen LogP contribution in [0.1, 0.15) is 0 Å². The molecule has 6 N–H and O–H groups in total. The fourth-order valence-corrected chi connectivity index (χ4v) is 1.36. The lowest BCUT2D eigenvalue weighted by Gasteiger charge is -2.20. The Balaban J connectivity index is 2.79. The van der Waals surface area contributed by atoms with Gasteiger partial charge in [0.15, 0.2) is 0 Å². The Labute approximate surface area is 109 Å². The van der Waals surface area contributed by atoms with Crippen LogP contribution in [0.2, 0.25) is 0 Å². The van der Waals surface area contributed by atoms with E-state index in [1.54, 1.807) is 24.3 Å². The first kappa shape index (κ1) is 14.3. The van der Waals surface area contributed by atoms with Gasteiger partial charge in [0, 0.05) is 0 Å². The van der Waals surface area contributed by atoms with Crippen molar-refractivity contribution in [3.8, 4) is 0 Å². The number of nitrogens with zero attached hydrogens (tertiary/aromatic N) is 1. The molecule has 0 aliphatic rings. The third kappa shape index (κ3) is 4.54. The highest BCUT2D eigenvalue weighted by atomic mass is 16.4. The third-order valence-corrected chi connectivity index (χ3v) is 2.16. The highest BCUT2D eigenvalue weighted by Crippen LogP contribution is 2.17. The molecule has 0 saturated heterocycles. The molecule has 8 heteroatoms. The number of anilines is 2. The number of aliphatic carboxylic acids is 1. The summed E-state index contributed by atoms with van der Waals surface area (Å²) in [7, 11) is 0. The molecule has 19 heavy (non-hydrogen) atoms. The summed E-state index contributed by atoms with van der Waals surface area (Å²) in [5.74, 6) is -2.06. The zero-order valence-corrected chi connectivity index (χ0v) is 10.00. The number of primary amides is 1. The van der Waals surface area contributed by atoms with Gasteiger partial charge in [0.2, 0.25) is 5.91 Å². The number of carboxylic acids is 1. The summed E-state index contributed by atoms with van der Waals surface area (Å²) in [6, 6.07) is 5.70. The van der Waals surface area contributed by atoms with E-state index >= 15 is 0 Å². The smallest absolute Gasteiger partial charge is 0.323 e. The summed E-state index contributed by atoms with van der Waals surface area (Å²) in [6.45, 7) is -1.13. The normalized spacial score (nSPS) is 9.68. The van der Waals surface area contributed by atoms with Crippen LogP contribution in [0, 0.1) is 0 Å². The van der Waals surface area contributed by atoms with Gasteiger partial charge in [0.1, 0.15) is 13.1 Å². The second-order valence-electron chi connectivity index (χ2n) is 3.73. The zero-order valence-electron chi connectivity index (χ0n) is 10.00. The topological polar surface area (TPSA) is 139 Å². The van der Waals surface area contributed by atoms with E-state index in [4.69, 9.17) is 16.6 Å². The second kappa shape index (κ2) is 6.24. The highest BCUT2D eigenvalue weighted by Gasteiger charge is 2.19. The average molecular weight is 266 g/mol. The molecule has 0 aliphatic carbocycles. The Kier molecular flexibility index (Phi) is 4.69. The molecule has 0 unspecified atom stereocenters. The SMILES string of the molecule is NC(=O)CN(CC(=O)O)C(=O)Nc1ccccc1N. The predicted octanol–water partition coefficient (Wildman–Crippen LogP) is -0.327. The van der Waals surface area contributed by atoms with Crippen molar-refractivity contribution >= 4 is 29.3 Å². The number of rotatable bonds is 5. The number of nitrogens with two attached hydrogens (primary N) is 2. The standard InChI is InChI=1S/C11H14N4O4/c12-7-3-1-2-4-8(7)14-11(19)15(5-9(13)16)6-10(17)18/h1-4H,5-6,12H2,(H2,13,16)(H,14,19)(H,17,18). The summed E-state index contributed by atoms with van der Waals surface area (Å²) < 4.78 is 0. The minimum absolute atomic E-state index is 0.324. The maximum Gasteiger partial charge on any atom is 0.323 e. The van der Waals surface area contributed by atoms with Crippen molar-refractivity contribution in [2.75, 3.05) is 24.1 Å². The van der Waals surface area contributed by atoms with E-state index in [1.165, 1.54) is 0 Å². The zero-order chi connectivity index (χ0) is 14.4. The quantitative estimate of drug-likeness (QED) is 0.540. The number of nitrogen functional groups attached to an aromatic ring is 1. The maximum atomic E-state index is 11.8. The summed E-state index contributed by atoms with van der Waals surface area (Å²) in [5, 5.41) is 11.1. The maximum absolute atomic E-state index is 11.8. The average Bonchev–Trinajstić information content (AvgIpc) is 2.30. The highest BCUT2D eigenvalue weighted by molar-refractivity contribution is 5.96. The van der Waals surface area contributed by atoms with E-state index in [9.17, 15) is 14.4 Å². The molecule has 0 bridgehead atoms. The van der Waals surface area contributed by atoms with Gasteiger partial charge in [-0.1, -0.05) is 12.1 Å². The lowest BCUT2D eigenvalue weighted by molar-refractivity contribution is -0.137. The lowest BCUT2D eigenvalue weighted by atomic mass is 10.3. The van der Waals surface area contributed by atoms with Crippen molar-refractivity contribution in [1.29, 1.82) is 0 Å². The van der Waals surface area contributed by atoms with Gasteiger partial charge in [-0.2, -0.15) is 0 Å². The number of nitrogens with one attached hydrogen (secondary N) is 1. The number of amides is 3. The van der Waals surface area contributed by atoms with Crippen LogP contribution in [0.25, 0.3) is 0 Å². The number of para-hydroxylation sites is 2. The Bertz CT molecular complexity index is 487. The molecule has 0 fully saturated rings. The first-order chi connectivity index (χ1) is 8.90. The first-order valence-electron chi connectivity index (χ1n) is 5.30. The molecule has 0 aliphatic heterocycles. The number of carbonyl (C=O) groups excluding carboxylic acids is 2. The van der Waals surface area contributed by atoms with Gasteiger partial charge >= 0.3 is 12.0 Å². The van der Waals surface area contributed by atoms with Gasteiger partial charge in [-0.05, 0) is 12.1 Å². The van der Waals surface area contributed by atoms with Gasteiger partial charge in [-0.3, -0.25) is 9.59 Å². The van der Waals surface area contributed by atoms with Crippen LogP contribution in [0.5, 0.6) is 0 Å². The number of carbonyl (C=O) groups is 3. The molecule has 1 rings (SSSR count). The molecule has 3 amide bonds. The van der Waals surface area contributed by atoms with Gasteiger partial charge in [-0.25, -0.2) is 4.79 Å². The van der Waals surface area contributed by atoms with Crippen LogP contribution in [0.3, 0.4) is 0 Å². The molecule has 0 aromatic heterocycles. The molecular formula is C11H14N4O4. The van der Waals surface area contributed by atoms with Crippen molar-refractivity contribution < 1.29 is 19.5 Å². The van der Waals surface area contributed by atoms with Crippen LogP contribution >= 0.6 is 0 Å². The fourth-order valence-electron chi connectivity index (χ4n) is 1.36. The fraction of sp³-hybridized carbons (Fsp3) is 0.182. The second-order valence-corrected chi connectivity index (χ2v) is 3.73. The Morgan fingerprint density at radius 1 is 1.21 bits per heavy atom. The van der Waals surface area contributed by atoms with E-state index < -0.39 is 31.0 Å². The van der Waals surface area contributed by atoms with E-state index in [2.05, 4.69) is 5.32 Å². The molecule has 102 valence electrons. The van der Waals surface area contributed by atoms with E-state index in [-0.39, 0.29) is 0 Å². The van der Waals surface area contributed by atoms with Gasteiger partial charge < -0.3 is 26.8 Å². The molecule has 0 radical (unpaired) electrons. The molecule has 0 spiro atoms. The molecular weight excluding hydrogens is 252 g/mol. The minimum Gasteiger partial charge on any atom is -0.480 e. The summed E-state index contributed by atoms with van der Waals surface area (Å²) in [5.41, 5.74) is 11.2. The number of benzene rings is 1. The van der Waals surface area contributed by atoms with Crippen LogP contribution < -0.4 is 16.8 Å². The van der Waals surface area contributed by atoms with Crippen molar-refractivity contribution in [2.24, 2.45) is 5.73 Å². The van der Waals surface area contributed by atoms with E-state index in [0.29, 0.717) is 11.4 Å². The monoisotopic (exact) mass is 266 g/mol. The molecule has 0 atom stereocenters. The van der Waals surface area contributed by atoms with Gasteiger partial charge in [-0.15, -0.1) is 0 Å². The van der Waals surface area contributed by atoms with Gasteiger partial charge in [0.05, 0.1) is 11.4 Å². The molecule has 0 heterocycles. The van der Waals surface area contributed by atoms with E-state index in [0.717, 1.165) is 4.90 Å². The molecule has 8 nitrogen and oxygen atoms in total. The number of hydrogen-bond donors (Lipinski definition) is 4. The molecule has 0 saturated carbocycles. The predicted molar refractivity (Wildman–Crippen MR) is 68.3 cm³/mol. The Morgan fingerprint density at radius 2 is 1.84 bits per heavy atom. The van der Waals surface area contributed by atoms with Crippen LogP contribution in [0.15, 0.2) is 24.3 Å². The Morgan fingerprint density at radius 3 is 2.37 bits per heavy atom. The summed E-state index contributed by atoms with van der Waals surface area (Å²) >= 11 is 0. The van der Waals surface area contributed by atoms with Crippen molar-refractivity contribution in [3.05, 3.63) is 24.3 Å². The van der Waals surface area contributed by atoms with Crippen LogP contribution in [0.4, 0.5) is 16.2 Å². The van der Waals surface area contributed by atoms with Crippen LogP contribution in [-0.4, -0.2) is 41.0 Å². The number of urea groups is 1.